The van der Waals surface area contributed by atoms with Gasteiger partial charge in [0.1, 0.15) is 5.82 Å². The Morgan fingerprint density at radius 3 is 2.48 bits per heavy atom. The van der Waals surface area contributed by atoms with Crippen LogP contribution < -0.4 is 10.6 Å². The summed E-state index contributed by atoms with van der Waals surface area (Å²) in [5.74, 6) is 0.0503. The summed E-state index contributed by atoms with van der Waals surface area (Å²) >= 11 is 5.83. The largest absolute Gasteiger partial charge is 0.340 e. The van der Waals surface area contributed by atoms with E-state index >= 15 is 0 Å². The fourth-order valence-corrected chi connectivity index (χ4v) is 4.47. The van der Waals surface area contributed by atoms with Crippen LogP contribution in [0.15, 0.2) is 42.6 Å². The van der Waals surface area contributed by atoms with Gasteiger partial charge in [-0.3, -0.25) is 14.4 Å². The first kappa shape index (κ1) is 21.3. The van der Waals surface area contributed by atoms with E-state index in [-0.39, 0.29) is 29.7 Å². The highest BCUT2D eigenvalue weighted by molar-refractivity contribution is 6.30. The number of para-hydroxylation sites is 1. The fraction of sp³-hybridized carbons (Fsp3) is 0.391. The molecule has 2 fully saturated rings. The van der Waals surface area contributed by atoms with Gasteiger partial charge in [-0.1, -0.05) is 23.7 Å². The van der Waals surface area contributed by atoms with E-state index in [1.807, 2.05) is 4.90 Å². The minimum Gasteiger partial charge on any atom is -0.340 e. The normalized spacial score (nSPS) is 21.1. The molecule has 0 spiro atoms. The molecule has 1 aliphatic heterocycles. The van der Waals surface area contributed by atoms with E-state index in [9.17, 15) is 14.4 Å². The van der Waals surface area contributed by atoms with E-state index in [4.69, 9.17) is 11.6 Å². The number of likely N-dealkylation sites (tertiary alicyclic amines) is 1. The number of carbonyl (C=O) groups excluding carboxylic acids is 3. The quantitative estimate of drug-likeness (QED) is 0.732. The molecule has 31 heavy (non-hydrogen) atoms. The van der Waals surface area contributed by atoms with Gasteiger partial charge in [-0.05, 0) is 56.4 Å². The summed E-state index contributed by atoms with van der Waals surface area (Å²) in [5, 5.41) is 6.13. The number of nitrogens with one attached hydrogen (secondary N) is 2. The number of carbonyl (C=O) groups is 3. The Labute approximate surface area is 186 Å². The maximum atomic E-state index is 12.9. The van der Waals surface area contributed by atoms with Crippen molar-refractivity contribution in [2.75, 3.05) is 17.2 Å². The number of amides is 3. The van der Waals surface area contributed by atoms with Crippen molar-refractivity contribution in [3.05, 3.63) is 53.2 Å². The Morgan fingerprint density at radius 2 is 1.81 bits per heavy atom. The lowest BCUT2D eigenvalue weighted by atomic mass is 9.84. The van der Waals surface area contributed by atoms with Crippen molar-refractivity contribution in [3.63, 3.8) is 0 Å². The summed E-state index contributed by atoms with van der Waals surface area (Å²) in [6.07, 6.45) is 6.19. The molecule has 0 atom stereocenters. The van der Waals surface area contributed by atoms with Gasteiger partial charge in [-0.25, -0.2) is 4.98 Å². The zero-order chi connectivity index (χ0) is 21.8. The number of rotatable bonds is 5. The average molecular weight is 441 g/mol. The number of hydrogen-bond acceptors (Lipinski definition) is 4. The maximum absolute atomic E-state index is 12.9. The van der Waals surface area contributed by atoms with Crippen LogP contribution in [0.4, 0.5) is 11.5 Å². The Morgan fingerprint density at radius 1 is 1.03 bits per heavy atom. The molecule has 2 aliphatic rings. The summed E-state index contributed by atoms with van der Waals surface area (Å²) < 4.78 is 0. The molecule has 2 N–H and O–H groups in total. The molecule has 2 aromatic rings. The third kappa shape index (κ3) is 5.05. The monoisotopic (exact) mass is 440 g/mol. The van der Waals surface area contributed by atoms with Gasteiger partial charge in [-0.15, -0.1) is 0 Å². The van der Waals surface area contributed by atoms with Gasteiger partial charge >= 0.3 is 0 Å². The van der Waals surface area contributed by atoms with E-state index in [0.717, 1.165) is 38.6 Å². The molecular formula is C23H25ClN4O3. The molecule has 4 rings (SSSR count). The lowest BCUT2D eigenvalue weighted by Crippen LogP contribution is -2.40. The van der Waals surface area contributed by atoms with Crippen LogP contribution in [-0.2, 0) is 9.59 Å². The molecule has 1 aromatic carbocycles. The number of nitrogens with zero attached hydrogens (tertiary/aromatic N) is 2. The standard InChI is InChI=1S/C23H25ClN4O3/c24-16-9-12-20(25-14-16)27-23(31)18-4-1-2-5-19(18)26-22(30)15-7-10-17(11-8-15)28-13-3-6-21(28)29/h1-2,4-5,9,12,14-15,17H,3,6-8,10-11,13H2,(H,26,30)(H,25,27,31)/t15-,17-. The van der Waals surface area contributed by atoms with Crippen molar-refractivity contribution in [1.29, 1.82) is 0 Å². The van der Waals surface area contributed by atoms with Crippen molar-refractivity contribution < 1.29 is 14.4 Å². The molecule has 0 bridgehead atoms. The zero-order valence-electron chi connectivity index (χ0n) is 17.1. The first-order valence-corrected chi connectivity index (χ1v) is 11.0. The molecule has 7 nitrogen and oxygen atoms in total. The number of aromatic nitrogens is 1. The van der Waals surface area contributed by atoms with Crippen LogP contribution in [0.3, 0.4) is 0 Å². The lowest BCUT2D eigenvalue weighted by Gasteiger charge is -2.34. The molecule has 3 amide bonds. The van der Waals surface area contributed by atoms with Crippen LogP contribution >= 0.6 is 11.6 Å². The lowest BCUT2D eigenvalue weighted by molar-refractivity contribution is -0.130. The number of halogens is 1. The summed E-state index contributed by atoms with van der Waals surface area (Å²) in [5.41, 5.74) is 0.833. The van der Waals surface area contributed by atoms with Gasteiger partial charge in [0.25, 0.3) is 5.91 Å². The second kappa shape index (κ2) is 9.47. The van der Waals surface area contributed by atoms with E-state index in [1.54, 1.807) is 36.4 Å². The van der Waals surface area contributed by atoms with Crippen LogP contribution in [0.5, 0.6) is 0 Å². The van der Waals surface area contributed by atoms with Gasteiger partial charge in [0.15, 0.2) is 0 Å². The Balaban J connectivity index is 1.37. The molecular weight excluding hydrogens is 416 g/mol. The summed E-state index contributed by atoms with van der Waals surface area (Å²) in [6.45, 7) is 0.839. The van der Waals surface area contributed by atoms with E-state index in [1.165, 1.54) is 6.20 Å². The minimum absolute atomic E-state index is 0.0870. The van der Waals surface area contributed by atoms with Crippen LogP contribution in [-0.4, -0.2) is 40.2 Å². The first-order chi connectivity index (χ1) is 15.0. The highest BCUT2D eigenvalue weighted by Gasteiger charge is 2.33. The van der Waals surface area contributed by atoms with Crippen molar-refractivity contribution >= 4 is 40.8 Å². The van der Waals surface area contributed by atoms with E-state index < -0.39 is 0 Å². The third-order valence-corrected chi connectivity index (χ3v) is 6.24. The fourth-order valence-electron chi connectivity index (χ4n) is 4.36. The highest BCUT2D eigenvalue weighted by atomic mass is 35.5. The average Bonchev–Trinajstić information content (AvgIpc) is 3.21. The number of anilines is 2. The summed E-state index contributed by atoms with van der Waals surface area (Å²) in [6, 6.07) is 10.4. The number of hydrogen-bond donors (Lipinski definition) is 2. The third-order valence-electron chi connectivity index (χ3n) is 6.02. The molecule has 2 heterocycles. The van der Waals surface area contributed by atoms with E-state index in [0.29, 0.717) is 28.5 Å². The highest BCUT2D eigenvalue weighted by Crippen LogP contribution is 2.31. The molecule has 162 valence electrons. The Hall–Kier alpha value is -2.93. The molecule has 1 aliphatic carbocycles. The Bertz CT molecular complexity index is 971. The zero-order valence-corrected chi connectivity index (χ0v) is 17.9. The van der Waals surface area contributed by atoms with Gasteiger partial charge < -0.3 is 15.5 Å². The van der Waals surface area contributed by atoms with Crippen molar-refractivity contribution in [1.82, 2.24) is 9.88 Å². The van der Waals surface area contributed by atoms with Crippen molar-refractivity contribution in [2.24, 2.45) is 5.92 Å². The predicted octanol–water partition coefficient (Wildman–Crippen LogP) is 4.11. The summed E-state index contributed by atoms with van der Waals surface area (Å²) in [4.78, 5) is 43.6. The van der Waals surface area contributed by atoms with Gasteiger partial charge in [0.2, 0.25) is 11.8 Å². The molecule has 8 heteroatoms. The van der Waals surface area contributed by atoms with Gasteiger partial charge in [-0.2, -0.15) is 0 Å². The molecule has 1 aromatic heterocycles. The second-order valence-corrected chi connectivity index (χ2v) is 8.48. The molecule has 0 radical (unpaired) electrons. The van der Waals surface area contributed by atoms with Gasteiger partial charge in [0, 0.05) is 31.1 Å². The predicted molar refractivity (Wildman–Crippen MR) is 119 cm³/mol. The van der Waals surface area contributed by atoms with Crippen LogP contribution in [0.1, 0.15) is 48.9 Å². The summed E-state index contributed by atoms with van der Waals surface area (Å²) in [7, 11) is 0. The number of pyridine rings is 1. The molecule has 0 unspecified atom stereocenters. The van der Waals surface area contributed by atoms with Gasteiger partial charge in [0.05, 0.1) is 16.3 Å². The Kier molecular flexibility index (Phi) is 6.51. The minimum atomic E-state index is -0.359. The smallest absolute Gasteiger partial charge is 0.258 e. The van der Waals surface area contributed by atoms with Crippen molar-refractivity contribution in [2.45, 2.75) is 44.6 Å². The second-order valence-electron chi connectivity index (χ2n) is 8.05. The maximum Gasteiger partial charge on any atom is 0.258 e. The van der Waals surface area contributed by atoms with E-state index in [2.05, 4.69) is 15.6 Å². The van der Waals surface area contributed by atoms with Crippen LogP contribution in [0, 0.1) is 5.92 Å². The van der Waals surface area contributed by atoms with Crippen LogP contribution in [0.2, 0.25) is 5.02 Å². The van der Waals surface area contributed by atoms with Crippen molar-refractivity contribution in [3.8, 4) is 0 Å². The number of benzene rings is 1. The van der Waals surface area contributed by atoms with Crippen LogP contribution in [0.25, 0.3) is 0 Å². The molecule has 1 saturated carbocycles. The first-order valence-electron chi connectivity index (χ1n) is 10.6. The topological polar surface area (TPSA) is 91.4 Å². The molecule has 1 saturated heterocycles. The SMILES string of the molecule is O=C(Nc1ccc(Cl)cn1)c1ccccc1NC(=O)[C@H]1CC[C@H](N2CCCC2=O)CC1.